The lowest BCUT2D eigenvalue weighted by Crippen LogP contribution is -2.53. The fourth-order valence-electron chi connectivity index (χ4n) is 2.96. The summed E-state index contributed by atoms with van der Waals surface area (Å²) in [6.45, 7) is 1.85. The molecule has 26 heavy (non-hydrogen) atoms. The van der Waals surface area contributed by atoms with Gasteiger partial charge in [-0.05, 0) is 35.4 Å². The van der Waals surface area contributed by atoms with Crippen molar-refractivity contribution in [3.63, 3.8) is 0 Å². The SMILES string of the molecule is COc1ccc(CN2CCN(Cc3cccc(OC)c3)C(=O)C2=O)cc1. The average Bonchev–Trinajstić information content (AvgIpc) is 2.68. The summed E-state index contributed by atoms with van der Waals surface area (Å²) in [4.78, 5) is 28.1. The number of carbonyl (C=O) groups excluding carboxylic acids is 2. The Labute approximate surface area is 152 Å². The highest BCUT2D eigenvalue weighted by atomic mass is 16.5. The fourth-order valence-corrected chi connectivity index (χ4v) is 2.96. The molecule has 0 saturated carbocycles. The molecule has 1 saturated heterocycles. The Bertz CT molecular complexity index is 789. The molecular formula is C20H22N2O4. The van der Waals surface area contributed by atoms with Crippen molar-refractivity contribution in [2.75, 3.05) is 27.3 Å². The maximum absolute atomic E-state index is 12.5. The summed E-state index contributed by atoms with van der Waals surface area (Å²) in [7, 11) is 3.21. The summed E-state index contributed by atoms with van der Waals surface area (Å²) in [5.74, 6) is 0.571. The summed E-state index contributed by atoms with van der Waals surface area (Å²) in [6, 6.07) is 15.0. The minimum Gasteiger partial charge on any atom is -0.497 e. The van der Waals surface area contributed by atoms with Crippen LogP contribution in [0.25, 0.3) is 0 Å². The van der Waals surface area contributed by atoms with E-state index in [0.29, 0.717) is 26.2 Å². The molecule has 0 unspecified atom stereocenters. The van der Waals surface area contributed by atoms with Crippen LogP contribution in [0.5, 0.6) is 11.5 Å². The zero-order valence-electron chi connectivity index (χ0n) is 15.0. The third kappa shape index (κ3) is 3.96. The van der Waals surface area contributed by atoms with E-state index in [1.807, 2.05) is 48.5 Å². The van der Waals surface area contributed by atoms with Gasteiger partial charge in [0.2, 0.25) is 0 Å². The highest BCUT2D eigenvalue weighted by Crippen LogP contribution is 2.18. The van der Waals surface area contributed by atoms with Crippen LogP contribution in [0, 0.1) is 0 Å². The number of carbonyl (C=O) groups is 2. The molecule has 0 radical (unpaired) electrons. The summed E-state index contributed by atoms with van der Waals surface area (Å²) in [5.41, 5.74) is 1.90. The highest BCUT2D eigenvalue weighted by Gasteiger charge is 2.32. The predicted molar refractivity (Wildman–Crippen MR) is 96.8 cm³/mol. The summed E-state index contributed by atoms with van der Waals surface area (Å²) >= 11 is 0. The maximum Gasteiger partial charge on any atom is 0.312 e. The minimum atomic E-state index is -0.465. The predicted octanol–water partition coefficient (Wildman–Crippen LogP) is 2.07. The van der Waals surface area contributed by atoms with Crippen LogP contribution >= 0.6 is 0 Å². The van der Waals surface area contributed by atoms with Gasteiger partial charge in [-0.25, -0.2) is 0 Å². The van der Waals surface area contributed by atoms with Gasteiger partial charge in [-0.3, -0.25) is 9.59 Å². The first-order chi connectivity index (χ1) is 12.6. The molecule has 6 nitrogen and oxygen atoms in total. The van der Waals surface area contributed by atoms with E-state index in [4.69, 9.17) is 9.47 Å². The second kappa shape index (κ2) is 7.91. The first-order valence-corrected chi connectivity index (χ1v) is 8.44. The topological polar surface area (TPSA) is 59.1 Å². The monoisotopic (exact) mass is 354 g/mol. The normalized spacial score (nSPS) is 14.5. The van der Waals surface area contributed by atoms with Gasteiger partial charge in [0.05, 0.1) is 14.2 Å². The maximum atomic E-state index is 12.5. The van der Waals surface area contributed by atoms with Gasteiger partial charge in [-0.2, -0.15) is 0 Å². The van der Waals surface area contributed by atoms with Gasteiger partial charge in [-0.15, -0.1) is 0 Å². The van der Waals surface area contributed by atoms with Gasteiger partial charge in [0, 0.05) is 26.2 Å². The van der Waals surface area contributed by atoms with Crippen LogP contribution in [0.1, 0.15) is 11.1 Å². The second-order valence-electron chi connectivity index (χ2n) is 6.15. The molecule has 136 valence electrons. The lowest BCUT2D eigenvalue weighted by Gasteiger charge is -2.34. The van der Waals surface area contributed by atoms with Crippen LogP contribution < -0.4 is 9.47 Å². The lowest BCUT2D eigenvalue weighted by atomic mass is 10.1. The van der Waals surface area contributed by atoms with E-state index in [9.17, 15) is 9.59 Å². The number of ether oxygens (including phenoxy) is 2. The number of methoxy groups -OCH3 is 2. The van der Waals surface area contributed by atoms with E-state index >= 15 is 0 Å². The lowest BCUT2D eigenvalue weighted by molar-refractivity contribution is -0.156. The summed E-state index contributed by atoms with van der Waals surface area (Å²) < 4.78 is 10.3. The van der Waals surface area contributed by atoms with Crippen LogP contribution in [-0.4, -0.2) is 48.9 Å². The van der Waals surface area contributed by atoms with Crippen LogP contribution in [0.2, 0.25) is 0 Å². The van der Waals surface area contributed by atoms with Crippen molar-refractivity contribution >= 4 is 11.8 Å². The van der Waals surface area contributed by atoms with Crippen molar-refractivity contribution in [3.05, 3.63) is 59.7 Å². The molecule has 1 aliphatic rings. The molecule has 2 amide bonds. The van der Waals surface area contributed by atoms with Gasteiger partial charge < -0.3 is 19.3 Å². The molecule has 1 fully saturated rings. The Morgan fingerprint density at radius 2 is 1.35 bits per heavy atom. The number of hydrogen-bond donors (Lipinski definition) is 0. The minimum absolute atomic E-state index is 0.401. The Morgan fingerprint density at radius 1 is 0.769 bits per heavy atom. The zero-order chi connectivity index (χ0) is 18.5. The molecule has 6 heteroatoms. The standard InChI is InChI=1S/C20H22N2O4/c1-25-17-8-6-15(7-9-17)13-21-10-11-22(20(24)19(21)23)14-16-4-3-5-18(12-16)26-2/h3-9,12H,10-11,13-14H2,1-2H3. The molecule has 1 heterocycles. The first-order valence-electron chi connectivity index (χ1n) is 8.44. The van der Waals surface area contributed by atoms with Crippen molar-refractivity contribution < 1.29 is 19.1 Å². The van der Waals surface area contributed by atoms with E-state index in [1.54, 1.807) is 24.0 Å². The molecule has 2 aromatic rings. The summed E-state index contributed by atoms with van der Waals surface area (Å²) in [5, 5.41) is 0. The molecule has 2 aromatic carbocycles. The van der Waals surface area contributed by atoms with Gasteiger partial charge in [-0.1, -0.05) is 24.3 Å². The van der Waals surface area contributed by atoms with Crippen molar-refractivity contribution in [1.29, 1.82) is 0 Å². The molecule has 1 aliphatic heterocycles. The van der Waals surface area contributed by atoms with E-state index < -0.39 is 11.8 Å². The van der Waals surface area contributed by atoms with Gasteiger partial charge in [0.1, 0.15) is 11.5 Å². The van der Waals surface area contributed by atoms with Crippen molar-refractivity contribution in [1.82, 2.24) is 9.80 Å². The molecule has 0 aliphatic carbocycles. The molecular weight excluding hydrogens is 332 g/mol. The van der Waals surface area contributed by atoms with Crippen LogP contribution in [0.4, 0.5) is 0 Å². The highest BCUT2D eigenvalue weighted by molar-refractivity contribution is 6.35. The van der Waals surface area contributed by atoms with Crippen molar-refractivity contribution in [3.8, 4) is 11.5 Å². The van der Waals surface area contributed by atoms with E-state index in [1.165, 1.54) is 0 Å². The molecule has 0 atom stereocenters. The number of hydrogen-bond acceptors (Lipinski definition) is 4. The Hall–Kier alpha value is -3.02. The average molecular weight is 354 g/mol. The number of amides is 2. The zero-order valence-corrected chi connectivity index (χ0v) is 15.0. The Kier molecular flexibility index (Phi) is 5.41. The third-order valence-electron chi connectivity index (χ3n) is 4.44. The molecule has 3 rings (SSSR count). The van der Waals surface area contributed by atoms with Crippen molar-refractivity contribution in [2.24, 2.45) is 0 Å². The van der Waals surface area contributed by atoms with Gasteiger partial charge >= 0.3 is 11.8 Å². The summed E-state index contributed by atoms with van der Waals surface area (Å²) in [6.07, 6.45) is 0. The molecule has 0 N–H and O–H groups in total. The van der Waals surface area contributed by atoms with Crippen LogP contribution in [0.3, 0.4) is 0 Å². The number of benzene rings is 2. The van der Waals surface area contributed by atoms with E-state index in [-0.39, 0.29) is 0 Å². The van der Waals surface area contributed by atoms with E-state index in [2.05, 4.69) is 0 Å². The Balaban J connectivity index is 1.63. The number of nitrogens with zero attached hydrogens (tertiary/aromatic N) is 2. The quantitative estimate of drug-likeness (QED) is 0.745. The molecule has 0 aromatic heterocycles. The van der Waals surface area contributed by atoms with E-state index in [0.717, 1.165) is 22.6 Å². The smallest absolute Gasteiger partial charge is 0.312 e. The molecule has 0 bridgehead atoms. The third-order valence-corrected chi connectivity index (χ3v) is 4.44. The van der Waals surface area contributed by atoms with Crippen LogP contribution in [0.15, 0.2) is 48.5 Å². The largest absolute Gasteiger partial charge is 0.497 e. The van der Waals surface area contributed by atoms with Gasteiger partial charge in [0.15, 0.2) is 0 Å². The van der Waals surface area contributed by atoms with Crippen molar-refractivity contribution in [2.45, 2.75) is 13.1 Å². The molecule has 0 spiro atoms. The van der Waals surface area contributed by atoms with Crippen LogP contribution in [-0.2, 0) is 22.7 Å². The fraction of sp³-hybridized carbons (Fsp3) is 0.300. The number of piperazine rings is 1. The first kappa shape index (κ1) is 17.8. The van der Waals surface area contributed by atoms with Gasteiger partial charge in [0.25, 0.3) is 0 Å². The Morgan fingerprint density at radius 3 is 1.92 bits per heavy atom. The number of rotatable bonds is 6. The second-order valence-corrected chi connectivity index (χ2v) is 6.15.